The number of aliphatic hydroxyl groups excluding tert-OH is 1. The third-order valence-corrected chi connectivity index (χ3v) is 5.86. The van der Waals surface area contributed by atoms with E-state index in [2.05, 4.69) is 10.6 Å². The van der Waals surface area contributed by atoms with E-state index in [1.54, 1.807) is 28.9 Å². The van der Waals surface area contributed by atoms with Gasteiger partial charge in [0.2, 0.25) is 17.7 Å². The third-order valence-electron chi connectivity index (χ3n) is 5.61. The average molecular weight is 467 g/mol. The number of hydrogen-bond acceptors (Lipinski definition) is 5. The van der Waals surface area contributed by atoms with E-state index in [0.717, 1.165) is 12.0 Å². The zero-order valence-corrected chi connectivity index (χ0v) is 20.1. The first-order valence-electron chi connectivity index (χ1n) is 11.1. The first-order chi connectivity index (χ1) is 15.1. The first-order valence-corrected chi connectivity index (χ1v) is 11.5. The summed E-state index contributed by atoms with van der Waals surface area (Å²) in [4.78, 5) is 40.2. The van der Waals surface area contributed by atoms with Crippen LogP contribution in [0.2, 0.25) is 5.02 Å². The molecule has 1 aromatic rings. The molecule has 0 aliphatic carbocycles. The van der Waals surface area contributed by atoms with Crippen molar-refractivity contribution in [2.24, 2.45) is 5.92 Å². The summed E-state index contributed by atoms with van der Waals surface area (Å²) in [7, 11) is 0. The van der Waals surface area contributed by atoms with Gasteiger partial charge < -0.3 is 20.6 Å². The summed E-state index contributed by atoms with van der Waals surface area (Å²) in [5.41, 5.74) is 0.938. The Bertz CT molecular complexity index is 787. The standard InChI is InChI=1S/C23H35ClN4O4/c1-15(2)14-28(21(30)13-25-17(4)29)16(3)23(32)27-11-5-6-20(27)22(31)26-12-18-7-9-19(24)10-8-18/h7-10,15-16,20,23,32H,5-6,11-14H2,1-4H3,(H,25,29)(H,26,31). The van der Waals surface area contributed by atoms with E-state index >= 15 is 0 Å². The van der Waals surface area contributed by atoms with Crippen LogP contribution in [0.1, 0.15) is 46.1 Å². The van der Waals surface area contributed by atoms with E-state index in [9.17, 15) is 19.5 Å². The first kappa shape index (κ1) is 26.1. The highest BCUT2D eigenvalue weighted by atomic mass is 35.5. The molecular formula is C23H35ClN4O4. The minimum atomic E-state index is -0.996. The smallest absolute Gasteiger partial charge is 0.242 e. The van der Waals surface area contributed by atoms with Crippen molar-refractivity contribution in [2.45, 2.75) is 65.4 Å². The van der Waals surface area contributed by atoms with Crippen molar-refractivity contribution in [2.75, 3.05) is 19.6 Å². The molecule has 0 bridgehead atoms. The lowest BCUT2D eigenvalue weighted by molar-refractivity contribution is -0.144. The molecule has 1 saturated heterocycles. The van der Waals surface area contributed by atoms with Crippen molar-refractivity contribution < 1.29 is 19.5 Å². The maximum Gasteiger partial charge on any atom is 0.242 e. The van der Waals surface area contributed by atoms with Crippen molar-refractivity contribution in [3.63, 3.8) is 0 Å². The van der Waals surface area contributed by atoms with Gasteiger partial charge in [-0.2, -0.15) is 0 Å². The summed E-state index contributed by atoms with van der Waals surface area (Å²) in [5, 5.41) is 17.2. The average Bonchev–Trinajstić information content (AvgIpc) is 3.24. The fourth-order valence-electron chi connectivity index (χ4n) is 3.92. The van der Waals surface area contributed by atoms with Crippen molar-refractivity contribution in [3.05, 3.63) is 34.9 Å². The van der Waals surface area contributed by atoms with Crippen LogP contribution in [0.5, 0.6) is 0 Å². The van der Waals surface area contributed by atoms with Crippen LogP contribution in [-0.2, 0) is 20.9 Å². The van der Waals surface area contributed by atoms with Crippen LogP contribution in [0.4, 0.5) is 0 Å². The molecule has 0 spiro atoms. The van der Waals surface area contributed by atoms with Crippen LogP contribution < -0.4 is 10.6 Å². The molecule has 0 radical (unpaired) electrons. The molecule has 32 heavy (non-hydrogen) atoms. The van der Waals surface area contributed by atoms with Gasteiger partial charge in [-0.15, -0.1) is 0 Å². The number of aliphatic hydroxyl groups is 1. The van der Waals surface area contributed by atoms with Crippen molar-refractivity contribution in [1.29, 1.82) is 0 Å². The molecule has 1 aliphatic rings. The van der Waals surface area contributed by atoms with E-state index in [-0.39, 0.29) is 30.2 Å². The van der Waals surface area contributed by atoms with Crippen LogP contribution in [0, 0.1) is 5.92 Å². The van der Waals surface area contributed by atoms with Gasteiger partial charge in [-0.1, -0.05) is 37.6 Å². The normalized spacial score (nSPS) is 18.3. The number of likely N-dealkylation sites (tertiary alicyclic amines) is 1. The molecule has 3 amide bonds. The highest BCUT2D eigenvalue weighted by Gasteiger charge is 2.39. The number of nitrogens with zero attached hydrogens (tertiary/aromatic N) is 2. The molecule has 1 aliphatic heterocycles. The summed E-state index contributed by atoms with van der Waals surface area (Å²) in [6.45, 7) is 8.37. The number of amides is 3. The third kappa shape index (κ3) is 7.46. The zero-order chi connectivity index (χ0) is 23.8. The Morgan fingerprint density at radius 2 is 1.84 bits per heavy atom. The van der Waals surface area contributed by atoms with E-state index in [1.165, 1.54) is 6.92 Å². The topological polar surface area (TPSA) is 102 Å². The molecule has 3 N–H and O–H groups in total. The Balaban J connectivity index is 2.04. The van der Waals surface area contributed by atoms with Gasteiger partial charge in [-0.05, 0) is 43.4 Å². The van der Waals surface area contributed by atoms with Gasteiger partial charge in [0, 0.05) is 31.6 Å². The Hall–Kier alpha value is -2.16. The molecule has 2 rings (SSSR count). The number of carbonyl (C=O) groups excluding carboxylic acids is 3. The molecule has 178 valence electrons. The Kier molecular flexibility index (Phi) is 9.93. The van der Waals surface area contributed by atoms with Crippen LogP contribution in [0.25, 0.3) is 0 Å². The highest BCUT2D eigenvalue weighted by molar-refractivity contribution is 6.30. The summed E-state index contributed by atoms with van der Waals surface area (Å²) in [6.07, 6.45) is 0.427. The van der Waals surface area contributed by atoms with Crippen molar-refractivity contribution in [3.8, 4) is 0 Å². The lowest BCUT2D eigenvalue weighted by Gasteiger charge is -2.39. The lowest BCUT2D eigenvalue weighted by Crippen LogP contribution is -2.57. The number of carbonyl (C=O) groups is 3. The van der Waals surface area contributed by atoms with E-state index in [4.69, 9.17) is 11.6 Å². The molecule has 0 saturated carbocycles. The Morgan fingerprint density at radius 3 is 2.44 bits per heavy atom. The number of hydrogen-bond donors (Lipinski definition) is 3. The molecule has 1 aromatic carbocycles. The molecule has 3 unspecified atom stereocenters. The maximum absolute atomic E-state index is 12.9. The van der Waals surface area contributed by atoms with Crippen molar-refractivity contribution >= 4 is 29.3 Å². The quantitative estimate of drug-likeness (QED) is 0.487. The van der Waals surface area contributed by atoms with Crippen LogP contribution in [-0.4, -0.2) is 70.6 Å². The number of halogens is 1. The SMILES string of the molecule is CC(=O)NCC(=O)N(CC(C)C)C(C)C(O)N1CCCC1C(=O)NCc1ccc(Cl)cc1. The summed E-state index contributed by atoms with van der Waals surface area (Å²) in [5.74, 6) is -0.511. The van der Waals surface area contributed by atoms with Gasteiger partial charge >= 0.3 is 0 Å². The van der Waals surface area contributed by atoms with Gasteiger partial charge in [0.25, 0.3) is 0 Å². The van der Waals surface area contributed by atoms with Gasteiger partial charge in [0.05, 0.1) is 18.6 Å². The Labute approximate surface area is 195 Å². The molecule has 1 fully saturated rings. The molecule has 1 heterocycles. The van der Waals surface area contributed by atoms with Gasteiger partial charge in [0.1, 0.15) is 6.23 Å². The molecule has 9 heteroatoms. The minimum absolute atomic E-state index is 0.121. The second kappa shape index (κ2) is 12.2. The fraction of sp³-hybridized carbons (Fsp3) is 0.609. The van der Waals surface area contributed by atoms with Crippen molar-refractivity contribution in [1.82, 2.24) is 20.4 Å². The van der Waals surface area contributed by atoms with Crippen LogP contribution >= 0.6 is 11.6 Å². The zero-order valence-electron chi connectivity index (χ0n) is 19.3. The number of benzene rings is 1. The van der Waals surface area contributed by atoms with E-state index < -0.39 is 18.3 Å². The fourth-order valence-corrected chi connectivity index (χ4v) is 4.05. The molecule has 0 aromatic heterocycles. The van der Waals surface area contributed by atoms with Gasteiger partial charge in [-0.25, -0.2) is 0 Å². The molecular weight excluding hydrogens is 432 g/mol. The second-order valence-corrected chi connectivity index (χ2v) is 9.18. The summed E-state index contributed by atoms with van der Waals surface area (Å²) < 4.78 is 0. The van der Waals surface area contributed by atoms with Crippen LogP contribution in [0.15, 0.2) is 24.3 Å². The number of rotatable bonds is 10. The summed E-state index contributed by atoms with van der Waals surface area (Å²) >= 11 is 5.91. The second-order valence-electron chi connectivity index (χ2n) is 8.74. The van der Waals surface area contributed by atoms with Crippen LogP contribution in [0.3, 0.4) is 0 Å². The monoisotopic (exact) mass is 466 g/mol. The van der Waals surface area contributed by atoms with Gasteiger partial charge in [0.15, 0.2) is 0 Å². The predicted octanol–water partition coefficient (Wildman–Crippen LogP) is 1.75. The predicted molar refractivity (Wildman–Crippen MR) is 124 cm³/mol. The molecule has 8 nitrogen and oxygen atoms in total. The van der Waals surface area contributed by atoms with E-state index in [1.807, 2.05) is 26.0 Å². The van der Waals surface area contributed by atoms with Gasteiger partial charge in [-0.3, -0.25) is 19.3 Å². The lowest BCUT2D eigenvalue weighted by atomic mass is 10.1. The largest absolute Gasteiger partial charge is 0.376 e. The minimum Gasteiger partial charge on any atom is -0.376 e. The summed E-state index contributed by atoms with van der Waals surface area (Å²) in [6, 6.07) is 6.26. The molecule has 3 atom stereocenters. The number of nitrogens with one attached hydrogen (secondary N) is 2. The Morgan fingerprint density at radius 1 is 1.19 bits per heavy atom. The maximum atomic E-state index is 12.9. The highest BCUT2D eigenvalue weighted by Crippen LogP contribution is 2.23. The van der Waals surface area contributed by atoms with E-state index in [0.29, 0.717) is 31.1 Å².